The summed E-state index contributed by atoms with van der Waals surface area (Å²) in [5.74, 6) is 7.98. The van der Waals surface area contributed by atoms with Gasteiger partial charge in [-0.3, -0.25) is 0 Å². The monoisotopic (exact) mass is 284 g/mol. The zero-order valence-electron chi connectivity index (χ0n) is 12.0. The van der Waals surface area contributed by atoms with Crippen LogP contribution in [0, 0.1) is 0 Å². The molecule has 0 amide bonds. The highest BCUT2D eigenvalue weighted by molar-refractivity contribution is 5.38. The first-order valence-corrected chi connectivity index (χ1v) is 7.37. The molecule has 3 rings (SSSR count). The number of nitrogen functional groups attached to an aromatic ring is 1. The first kappa shape index (κ1) is 13.8. The Kier molecular flexibility index (Phi) is 4.31. The molecule has 1 saturated carbocycles. The van der Waals surface area contributed by atoms with Gasteiger partial charge in [0.15, 0.2) is 0 Å². The molecule has 1 aromatic heterocycles. The van der Waals surface area contributed by atoms with E-state index >= 15 is 0 Å². The molecule has 110 valence electrons. The van der Waals surface area contributed by atoms with Gasteiger partial charge in [-0.15, -0.1) is 0 Å². The van der Waals surface area contributed by atoms with E-state index in [0.29, 0.717) is 24.2 Å². The molecular weight excluding hydrogens is 264 g/mol. The predicted octanol–water partition coefficient (Wildman–Crippen LogP) is 2.65. The maximum atomic E-state index is 5.74. The van der Waals surface area contributed by atoms with Crippen LogP contribution in [0.4, 0.5) is 5.82 Å². The predicted molar refractivity (Wildman–Crippen MR) is 82.1 cm³/mol. The number of nitrogens with zero attached hydrogens (tertiary/aromatic N) is 2. The zero-order chi connectivity index (χ0) is 14.5. The van der Waals surface area contributed by atoms with E-state index in [1.54, 1.807) is 6.07 Å². The second-order valence-electron chi connectivity index (χ2n) is 5.31. The number of hydrogen-bond acceptors (Lipinski definition) is 5. The Balaban J connectivity index is 1.53. The van der Waals surface area contributed by atoms with Gasteiger partial charge in [0.25, 0.3) is 0 Å². The summed E-state index contributed by atoms with van der Waals surface area (Å²) >= 11 is 0. The van der Waals surface area contributed by atoms with Crippen LogP contribution in [-0.2, 0) is 6.42 Å². The fourth-order valence-electron chi connectivity index (χ4n) is 2.21. The van der Waals surface area contributed by atoms with Crippen molar-refractivity contribution in [1.29, 1.82) is 0 Å². The number of hydrogen-bond donors (Lipinski definition) is 2. The maximum Gasteiger partial charge on any atom is 0.218 e. The quantitative estimate of drug-likeness (QED) is 0.464. The molecule has 2 aromatic rings. The summed E-state index contributed by atoms with van der Waals surface area (Å²) in [4.78, 5) is 8.82. The average molecular weight is 284 g/mol. The van der Waals surface area contributed by atoms with Gasteiger partial charge >= 0.3 is 0 Å². The van der Waals surface area contributed by atoms with Crippen molar-refractivity contribution in [2.24, 2.45) is 5.84 Å². The third kappa shape index (κ3) is 3.92. The molecule has 21 heavy (non-hydrogen) atoms. The highest BCUT2D eigenvalue weighted by Crippen LogP contribution is 2.39. The molecule has 5 heteroatoms. The van der Waals surface area contributed by atoms with Crippen molar-refractivity contribution in [3.05, 3.63) is 47.8 Å². The van der Waals surface area contributed by atoms with Crippen LogP contribution in [0.1, 0.15) is 36.6 Å². The SMILES string of the molecule is NNc1cc(OCCCc2ccccc2)nc(C2CC2)n1. The molecule has 1 aromatic carbocycles. The Morgan fingerprint density at radius 1 is 1.19 bits per heavy atom. The first-order valence-electron chi connectivity index (χ1n) is 7.37. The van der Waals surface area contributed by atoms with Crippen LogP contribution in [0.15, 0.2) is 36.4 Å². The van der Waals surface area contributed by atoms with Crippen molar-refractivity contribution in [2.45, 2.75) is 31.6 Å². The van der Waals surface area contributed by atoms with Crippen LogP contribution < -0.4 is 16.0 Å². The van der Waals surface area contributed by atoms with E-state index in [0.717, 1.165) is 31.5 Å². The molecule has 1 heterocycles. The fourth-order valence-corrected chi connectivity index (χ4v) is 2.21. The van der Waals surface area contributed by atoms with Gasteiger partial charge in [0.2, 0.25) is 5.88 Å². The van der Waals surface area contributed by atoms with E-state index in [4.69, 9.17) is 10.6 Å². The third-order valence-electron chi connectivity index (χ3n) is 3.51. The second kappa shape index (κ2) is 6.54. The third-order valence-corrected chi connectivity index (χ3v) is 3.51. The van der Waals surface area contributed by atoms with Gasteiger partial charge < -0.3 is 10.2 Å². The van der Waals surface area contributed by atoms with Gasteiger partial charge in [-0.05, 0) is 31.2 Å². The van der Waals surface area contributed by atoms with Crippen molar-refractivity contribution in [1.82, 2.24) is 9.97 Å². The first-order chi connectivity index (χ1) is 10.3. The van der Waals surface area contributed by atoms with Gasteiger partial charge in [0.1, 0.15) is 11.6 Å². The minimum Gasteiger partial charge on any atom is -0.478 e. The lowest BCUT2D eigenvalue weighted by Crippen LogP contribution is -2.11. The summed E-state index contributed by atoms with van der Waals surface area (Å²) in [5, 5.41) is 0. The lowest BCUT2D eigenvalue weighted by molar-refractivity contribution is 0.298. The van der Waals surface area contributed by atoms with Crippen LogP contribution in [-0.4, -0.2) is 16.6 Å². The summed E-state index contributed by atoms with van der Waals surface area (Å²) in [7, 11) is 0. The number of nitrogens with two attached hydrogens (primary N) is 1. The van der Waals surface area contributed by atoms with Gasteiger partial charge in [-0.1, -0.05) is 30.3 Å². The molecule has 0 atom stereocenters. The van der Waals surface area contributed by atoms with Gasteiger partial charge in [0, 0.05) is 12.0 Å². The molecule has 5 nitrogen and oxygen atoms in total. The zero-order valence-corrected chi connectivity index (χ0v) is 12.0. The van der Waals surface area contributed by atoms with Gasteiger partial charge in [0.05, 0.1) is 6.61 Å². The van der Waals surface area contributed by atoms with Crippen molar-refractivity contribution in [3.63, 3.8) is 0 Å². The number of aryl methyl sites for hydroxylation is 1. The number of ether oxygens (including phenoxy) is 1. The minimum atomic E-state index is 0.477. The summed E-state index contributed by atoms with van der Waals surface area (Å²) < 4.78 is 5.74. The Bertz CT molecular complexity index is 584. The molecule has 0 saturated heterocycles. The molecule has 0 bridgehead atoms. The van der Waals surface area contributed by atoms with Crippen molar-refractivity contribution in [2.75, 3.05) is 12.0 Å². The molecule has 1 fully saturated rings. The number of benzene rings is 1. The summed E-state index contributed by atoms with van der Waals surface area (Å²) in [6.07, 6.45) is 4.27. The Hall–Kier alpha value is -2.14. The highest BCUT2D eigenvalue weighted by Gasteiger charge is 2.27. The molecule has 0 aliphatic heterocycles. The molecular formula is C16H20N4O. The minimum absolute atomic E-state index is 0.477. The van der Waals surface area contributed by atoms with Crippen molar-refractivity contribution in [3.8, 4) is 5.88 Å². The van der Waals surface area contributed by atoms with Gasteiger partial charge in [-0.25, -0.2) is 10.8 Å². The Morgan fingerprint density at radius 2 is 2.00 bits per heavy atom. The average Bonchev–Trinajstić information content (AvgIpc) is 3.37. The Morgan fingerprint density at radius 3 is 2.71 bits per heavy atom. The topological polar surface area (TPSA) is 73.1 Å². The molecule has 1 aliphatic rings. The van der Waals surface area contributed by atoms with Crippen LogP contribution in [0.25, 0.3) is 0 Å². The smallest absolute Gasteiger partial charge is 0.218 e. The van der Waals surface area contributed by atoms with E-state index < -0.39 is 0 Å². The van der Waals surface area contributed by atoms with Crippen LogP contribution in [0.2, 0.25) is 0 Å². The molecule has 0 radical (unpaired) electrons. The van der Waals surface area contributed by atoms with E-state index in [1.807, 2.05) is 6.07 Å². The fraction of sp³-hybridized carbons (Fsp3) is 0.375. The lowest BCUT2D eigenvalue weighted by Gasteiger charge is -2.09. The number of hydrazine groups is 1. The molecule has 1 aliphatic carbocycles. The Labute approximate surface area is 124 Å². The summed E-state index contributed by atoms with van der Waals surface area (Å²) in [5.41, 5.74) is 3.90. The van der Waals surface area contributed by atoms with E-state index in [2.05, 4.69) is 39.7 Å². The maximum absolute atomic E-state index is 5.74. The largest absolute Gasteiger partial charge is 0.478 e. The van der Waals surface area contributed by atoms with Crippen molar-refractivity contribution >= 4 is 5.82 Å². The lowest BCUT2D eigenvalue weighted by atomic mass is 10.1. The highest BCUT2D eigenvalue weighted by atomic mass is 16.5. The van der Waals surface area contributed by atoms with Crippen molar-refractivity contribution < 1.29 is 4.74 Å². The van der Waals surface area contributed by atoms with E-state index in [1.165, 1.54) is 5.56 Å². The molecule has 3 N–H and O–H groups in total. The number of rotatable bonds is 7. The molecule has 0 spiro atoms. The van der Waals surface area contributed by atoms with Gasteiger partial charge in [-0.2, -0.15) is 4.98 Å². The summed E-state index contributed by atoms with van der Waals surface area (Å²) in [6, 6.07) is 12.2. The normalized spacial score (nSPS) is 14.0. The van der Waals surface area contributed by atoms with Crippen LogP contribution >= 0.6 is 0 Å². The number of anilines is 1. The van der Waals surface area contributed by atoms with Crippen LogP contribution in [0.3, 0.4) is 0 Å². The van der Waals surface area contributed by atoms with E-state index in [-0.39, 0.29) is 0 Å². The molecule has 0 unspecified atom stereocenters. The second-order valence-corrected chi connectivity index (χ2v) is 5.31. The van der Waals surface area contributed by atoms with Crippen LogP contribution in [0.5, 0.6) is 5.88 Å². The standard InChI is InChI=1S/C16H20N4O/c17-20-14-11-15(19-16(18-14)13-8-9-13)21-10-4-7-12-5-2-1-3-6-12/h1-3,5-6,11,13H,4,7-10,17H2,(H,18,19,20). The number of nitrogens with one attached hydrogen (secondary N) is 1. The van der Waals surface area contributed by atoms with E-state index in [9.17, 15) is 0 Å². The number of aromatic nitrogens is 2. The summed E-state index contributed by atoms with van der Waals surface area (Å²) in [6.45, 7) is 0.639.